The zero-order chi connectivity index (χ0) is 18.1. The lowest BCUT2D eigenvalue weighted by Crippen LogP contribution is -2.31. The highest BCUT2D eigenvalue weighted by atomic mass is 19.1. The van der Waals surface area contributed by atoms with Gasteiger partial charge in [0.15, 0.2) is 0 Å². The molecule has 1 amide bonds. The third-order valence-corrected chi connectivity index (χ3v) is 4.32. The van der Waals surface area contributed by atoms with Gasteiger partial charge in [-0.2, -0.15) is 0 Å². The topological polar surface area (TPSA) is 57.8 Å². The van der Waals surface area contributed by atoms with Crippen LogP contribution in [0.2, 0.25) is 0 Å². The number of H-pyrrole nitrogens is 1. The average Bonchev–Trinajstić information content (AvgIpc) is 3.07. The van der Waals surface area contributed by atoms with Crippen LogP contribution >= 0.6 is 0 Å². The highest BCUT2D eigenvalue weighted by Crippen LogP contribution is 2.25. The van der Waals surface area contributed by atoms with Crippen molar-refractivity contribution in [3.63, 3.8) is 0 Å². The first kappa shape index (κ1) is 16.2. The minimum atomic E-state index is -0.625. The van der Waals surface area contributed by atoms with E-state index in [2.05, 4.69) is 15.3 Å². The Morgan fingerprint density at radius 2 is 1.88 bits per heavy atom. The molecule has 4 nitrogen and oxygen atoms in total. The van der Waals surface area contributed by atoms with Crippen molar-refractivity contribution in [2.24, 2.45) is 0 Å². The molecule has 2 N–H and O–H groups in total. The van der Waals surface area contributed by atoms with Crippen LogP contribution in [0, 0.1) is 11.6 Å². The lowest BCUT2D eigenvalue weighted by atomic mass is 10.1. The highest BCUT2D eigenvalue weighted by molar-refractivity contribution is 5.97. The third-order valence-electron chi connectivity index (χ3n) is 4.32. The number of hydrogen-bond acceptors (Lipinski definition) is 2. The van der Waals surface area contributed by atoms with Gasteiger partial charge in [-0.3, -0.25) is 9.78 Å². The summed E-state index contributed by atoms with van der Waals surface area (Å²) in [5.74, 6) is -1.33. The van der Waals surface area contributed by atoms with E-state index in [1.54, 1.807) is 18.3 Å². The Bertz CT molecular complexity index is 1000. The molecule has 0 bridgehead atoms. The molecular weight excluding hydrogens is 336 g/mol. The molecular formula is C20H15F2N3O. The molecule has 0 radical (unpaired) electrons. The van der Waals surface area contributed by atoms with Crippen molar-refractivity contribution < 1.29 is 13.6 Å². The zero-order valence-corrected chi connectivity index (χ0v) is 13.7. The Labute approximate surface area is 148 Å². The minimum Gasteiger partial charge on any atom is -0.358 e. The summed E-state index contributed by atoms with van der Waals surface area (Å²) in [5, 5.41) is 2.81. The molecule has 26 heavy (non-hydrogen) atoms. The molecule has 2 aromatic heterocycles. The van der Waals surface area contributed by atoms with Crippen LogP contribution in [0.4, 0.5) is 8.78 Å². The van der Waals surface area contributed by atoms with Gasteiger partial charge in [0.1, 0.15) is 11.6 Å². The van der Waals surface area contributed by atoms with Gasteiger partial charge in [0.2, 0.25) is 0 Å². The number of hydrogen-bond donors (Lipinski definition) is 2. The number of nitrogens with zero attached hydrogens (tertiary/aromatic N) is 1. The fourth-order valence-corrected chi connectivity index (χ4v) is 2.99. The number of nitrogens with one attached hydrogen (secondary N) is 2. The molecule has 6 heteroatoms. The van der Waals surface area contributed by atoms with Crippen LogP contribution in [0.3, 0.4) is 0 Å². The molecule has 1 aliphatic heterocycles. The van der Waals surface area contributed by atoms with Crippen molar-refractivity contribution in [2.75, 3.05) is 6.54 Å². The van der Waals surface area contributed by atoms with Crippen LogP contribution in [-0.4, -0.2) is 22.4 Å². The monoisotopic (exact) mass is 351 g/mol. The predicted octanol–water partition coefficient (Wildman–Crippen LogP) is 3.81. The lowest BCUT2D eigenvalue weighted by Gasteiger charge is -2.10. The van der Waals surface area contributed by atoms with E-state index in [1.165, 1.54) is 24.3 Å². The maximum absolute atomic E-state index is 13.7. The highest BCUT2D eigenvalue weighted by Gasteiger charge is 2.19. The van der Waals surface area contributed by atoms with Gasteiger partial charge in [-0.25, -0.2) is 8.78 Å². The molecule has 0 saturated carbocycles. The Balaban J connectivity index is 1.65. The number of carbonyl (C=O) groups is 1. The summed E-state index contributed by atoms with van der Waals surface area (Å²) in [6.45, 7) is 0.615. The number of halogens is 2. The number of aromatic amines is 1. The van der Waals surface area contributed by atoms with Gasteiger partial charge in [-0.15, -0.1) is 0 Å². The first-order chi connectivity index (χ1) is 12.6. The van der Waals surface area contributed by atoms with Gasteiger partial charge in [0.25, 0.3) is 5.91 Å². The number of carbonyl (C=O) groups excluding carboxylic acids is 1. The van der Waals surface area contributed by atoms with Crippen LogP contribution in [0.15, 0.2) is 42.6 Å². The largest absolute Gasteiger partial charge is 0.358 e. The van der Waals surface area contributed by atoms with E-state index in [0.717, 1.165) is 23.4 Å². The molecule has 1 aliphatic rings. The predicted molar refractivity (Wildman–Crippen MR) is 95.3 cm³/mol. The van der Waals surface area contributed by atoms with E-state index in [0.29, 0.717) is 17.8 Å². The van der Waals surface area contributed by atoms with E-state index >= 15 is 0 Å². The number of fused-ring (bicyclic) bond motifs is 1. The van der Waals surface area contributed by atoms with Crippen LogP contribution in [0.5, 0.6) is 0 Å². The third kappa shape index (κ3) is 3.01. The second-order valence-corrected chi connectivity index (χ2v) is 6.02. The molecule has 0 fully saturated rings. The van der Waals surface area contributed by atoms with Crippen molar-refractivity contribution in [2.45, 2.75) is 6.42 Å². The van der Waals surface area contributed by atoms with Crippen LogP contribution < -0.4 is 5.32 Å². The molecule has 0 saturated heterocycles. The molecule has 0 aliphatic carbocycles. The SMILES string of the molecule is O=C1NCCc2[nH]c(-c3ccnc(C=Cc4c(F)cccc4F)c3)cc21. The quantitative estimate of drug-likeness (QED) is 0.754. The normalized spacial score (nSPS) is 13.7. The molecule has 3 aromatic rings. The summed E-state index contributed by atoms with van der Waals surface area (Å²) in [4.78, 5) is 19.4. The second kappa shape index (κ2) is 6.55. The summed E-state index contributed by atoms with van der Waals surface area (Å²) >= 11 is 0. The summed E-state index contributed by atoms with van der Waals surface area (Å²) < 4.78 is 27.4. The van der Waals surface area contributed by atoms with Crippen LogP contribution in [0.25, 0.3) is 23.4 Å². The number of rotatable bonds is 3. The number of amides is 1. The molecule has 4 rings (SSSR count). The summed E-state index contributed by atoms with van der Waals surface area (Å²) in [6.07, 6.45) is 5.29. The first-order valence-electron chi connectivity index (χ1n) is 8.20. The summed E-state index contributed by atoms with van der Waals surface area (Å²) in [5.41, 5.74) is 3.66. The number of benzene rings is 1. The molecule has 0 atom stereocenters. The van der Waals surface area contributed by atoms with Crippen molar-refractivity contribution >= 4 is 18.1 Å². The van der Waals surface area contributed by atoms with Crippen LogP contribution in [0.1, 0.15) is 27.3 Å². The summed E-state index contributed by atoms with van der Waals surface area (Å²) in [6, 6.07) is 9.16. The Morgan fingerprint density at radius 3 is 2.65 bits per heavy atom. The van der Waals surface area contributed by atoms with Gasteiger partial charge in [-0.05, 0) is 42.5 Å². The zero-order valence-electron chi connectivity index (χ0n) is 13.7. The van der Waals surface area contributed by atoms with E-state index in [4.69, 9.17) is 0 Å². The van der Waals surface area contributed by atoms with Gasteiger partial charge in [-0.1, -0.05) is 6.07 Å². The van der Waals surface area contributed by atoms with Crippen molar-refractivity contribution in [1.82, 2.24) is 15.3 Å². The van der Waals surface area contributed by atoms with E-state index in [-0.39, 0.29) is 11.5 Å². The van der Waals surface area contributed by atoms with Crippen LogP contribution in [-0.2, 0) is 6.42 Å². The maximum atomic E-state index is 13.7. The fourth-order valence-electron chi connectivity index (χ4n) is 2.99. The average molecular weight is 351 g/mol. The smallest absolute Gasteiger partial charge is 0.253 e. The molecule has 130 valence electrons. The van der Waals surface area contributed by atoms with Crippen molar-refractivity contribution in [3.05, 3.63) is 76.7 Å². The first-order valence-corrected chi connectivity index (χ1v) is 8.20. The van der Waals surface area contributed by atoms with Gasteiger partial charge < -0.3 is 10.3 Å². The second-order valence-electron chi connectivity index (χ2n) is 6.02. The minimum absolute atomic E-state index is 0.0852. The van der Waals surface area contributed by atoms with Gasteiger partial charge in [0.05, 0.1) is 11.3 Å². The van der Waals surface area contributed by atoms with E-state index in [9.17, 15) is 13.6 Å². The molecule has 1 aromatic carbocycles. The molecule has 0 unspecified atom stereocenters. The number of aromatic nitrogens is 2. The standard InChI is InChI=1S/C20H15F2N3O/c21-16-2-1-3-17(22)14(16)5-4-13-10-12(6-8-23-13)19-11-15-18(25-19)7-9-24-20(15)26/h1-6,8,10-11,25H,7,9H2,(H,24,26). The Morgan fingerprint density at radius 1 is 1.08 bits per heavy atom. The maximum Gasteiger partial charge on any atom is 0.253 e. The lowest BCUT2D eigenvalue weighted by molar-refractivity contribution is 0.0946. The number of pyridine rings is 1. The molecule has 3 heterocycles. The van der Waals surface area contributed by atoms with Crippen molar-refractivity contribution in [1.29, 1.82) is 0 Å². The van der Waals surface area contributed by atoms with Gasteiger partial charge >= 0.3 is 0 Å². The van der Waals surface area contributed by atoms with E-state index in [1.807, 2.05) is 12.1 Å². The Kier molecular flexibility index (Phi) is 4.08. The van der Waals surface area contributed by atoms with Gasteiger partial charge in [0, 0.05) is 41.7 Å². The molecule has 0 spiro atoms. The van der Waals surface area contributed by atoms with E-state index < -0.39 is 11.6 Å². The summed E-state index contributed by atoms with van der Waals surface area (Å²) in [7, 11) is 0. The fraction of sp³-hybridized carbons (Fsp3) is 0.100. The Hall–Kier alpha value is -3.28. The van der Waals surface area contributed by atoms with Crippen molar-refractivity contribution in [3.8, 4) is 11.3 Å².